The molecular weight excluding hydrogens is 320 g/mol. The van der Waals surface area contributed by atoms with Gasteiger partial charge in [0, 0.05) is 39.9 Å². The zero-order chi connectivity index (χ0) is 18.7. The summed E-state index contributed by atoms with van der Waals surface area (Å²) < 4.78 is 10.9. The molecule has 0 bridgehead atoms. The maximum Gasteiger partial charge on any atom is 0.407 e. The summed E-state index contributed by atoms with van der Waals surface area (Å²) in [5.41, 5.74) is -0.473. The SMILES string of the molecule is CCCCOCCCNC(=NC)N1CCC(NC(=O)OC(C)(C)C)C1. The Kier molecular flexibility index (Phi) is 9.63. The first-order valence-electron chi connectivity index (χ1n) is 9.38. The van der Waals surface area contributed by atoms with E-state index >= 15 is 0 Å². The average molecular weight is 357 g/mol. The summed E-state index contributed by atoms with van der Waals surface area (Å²) in [5.74, 6) is 0.877. The number of nitrogens with zero attached hydrogens (tertiary/aromatic N) is 2. The number of alkyl carbamates (subject to hydrolysis) is 1. The van der Waals surface area contributed by atoms with Crippen LogP contribution in [0.4, 0.5) is 4.79 Å². The molecule has 0 radical (unpaired) electrons. The van der Waals surface area contributed by atoms with Gasteiger partial charge in [-0.15, -0.1) is 0 Å². The van der Waals surface area contributed by atoms with Crippen molar-refractivity contribution in [3.8, 4) is 0 Å². The Hall–Kier alpha value is -1.50. The second-order valence-corrected chi connectivity index (χ2v) is 7.37. The van der Waals surface area contributed by atoms with Crippen LogP contribution >= 0.6 is 0 Å². The van der Waals surface area contributed by atoms with Crippen LogP contribution in [0.5, 0.6) is 0 Å². The first kappa shape index (κ1) is 21.5. The number of likely N-dealkylation sites (tertiary alicyclic amines) is 1. The zero-order valence-corrected chi connectivity index (χ0v) is 16.6. The standard InChI is InChI=1S/C18H36N4O3/c1-6-7-12-24-13-8-10-20-16(19-5)22-11-9-15(14-22)21-17(23)25-18(2,3)4/h15H,6-14H2,1-5H3,(H,19,20)(H,21,23). The molecule has 7 nitrogen and oxygen atoms in total. The van der Waals surface area contributed by atoms with Gasteiger partial charge in [0.25, 0.3) is 0 Å². The second-order valence-electron chi connectivity index (χ2n) is 7.37. The molecule has 1 heterocycles. The minimum Gasteiger partial charge on any atom is -0.444 e. The number of guanidine groups is 1. The van der Waals surface area contributed by atoms with E-state index in [9.17, 15) is 4.79 Å². The van der Waals surface area contributed by atoms with Crippen molar-refractivity contribution in [2.75, 3.05) is 39.9 Å². The number of rotatable bonds is 8. The van der Waals surface area contributed by atoms with E-state index in [1.165, 1.54) is 6.42 Å². The van der Waals surface area contributed by atoms with E-state index in [2.05, 4.69) is 27.4 Å². The highest BCUT2D eigenvalue weighted by Crippen LogP contribution is 2.12. The molecule has 1 unspecified atom stereocenters. The van der Waals surface area contributed by atoms with Crippen molar-refractivity contribution in [3.05, 3.63) is 0 Å². The number of hydrogen-bond donors (Lipinski definition) is 2. The fourth-order valence-corrected chi connectivity index (χ4v) is 2.60. The van der Waals surface area contributed by atoms with Gasteiger partial charge in [-0.3, -0.25) is 4.99 Å². The topological polar surface area (TPSA) is 75.2 Å². The van der Waals surface area contributed by atoms with Crippen LogP contribution in [0.15, 0.2) is 4.99 Å². The van der Waals surface area contributed by atoms with E-state index in [4.69, 9.17) is 9.47 Å². The molecule has 7 heteroatoms. The van der Waals surface area contributed by atoms with Gasteiger partial charge < -0.3 is 25.0 Å². The fourth-order valence-electron chi connectivity index (χ4n) is 2.60. The number of amides is 1. The van der Waals surface area contributed by atoms with Crippen LogP contribution in [0.3, 0.4) is 0 Å². The molecule has 0 aromatic heterocycles. The van der Waals surface area contributed by atoms with E-state index in [0.29, 0.717) is 0 Å². The summed E-state index contributed by atoms with van der Waals surface area (Å²) in [5, 5.41) is 6.30. The van der Waals surface area contributed by atoms with Gasteiger partial charge in [0.15, 0.2) is 5.96 Å². The predicted molar refractivity (Wildman–Crippen MR) is 101 cm³/mol. The second kappa shape index (κ2) is 11.2. The van der Waals surface area contributed by atoms with Crippen LogP contribution in [0.2, 0.25) is 0 Å². The smallest absolute Gasteiger partial charge is 0.407 e. The lowest BCUT2D eigenvalue weighted by molar-refractivity contribution is 0.0507. The summed E-state index contributed by atoms with van der Waals surface area (Å²) in [6, 6.07) is 0.0887. The highest BCUT2D eigenvalue weighted by atomic mass is 16.6. The van der Waals surface area contributed by atoms with E-state index < -0.39 is 5.60 Å². The Bertz CT molecular complexity index is 421. The Morgan fingerprint density at radius 2 is 2.00 bits per heavy atom. The lowest BCUT2D eigenvalue weighted by atomic mass is 10.2. The molecule has 1 saturated heterocycles. The van der Waals surface area contributed by atoms with Crippen molar-refractivity contribution in [1.29, 1.82) is 0 Å². The minimum atomic E-state index is -0.473. The van der Waals surface area contributed by atoms with Crippen LogP contribution < -0.4 is 10.6 Å². The summed E-state index contributed by atoms with van der Waals surface area (Å²) in [4.78, 5) is 18.4. The first-order valence-corrected chi connectivity index (χ1v) is 9.38. The number of aliphatic imine (C=N–C) groups is 1. The van der Waals surface area contributed by atoms with Gasteiger partial charge in [-0.2, -0.15) is 0 Å². The van der Waals surface area contributed by atoms with Gasteiger partial charge in [0.1, 0.15) is 5.60 Å². The fraction of sp³-hybridized carbons (Fsp3) is 0.889. The molecule has 0 saturated carbocycles. The molecule has 2 N–H and O–H groups in total. The highest BCUT2D eigenvalue weighted by molar-refractivity contribution is 5.80. The average Bonchev–Trinajstić information content (AvgIpc) is 2.96. The van der Waals surface area contributed by atoms with Crippen LogP contribution in [0, 0.1) is 0 Å². The van der Waals surface area contributed by atoms with Crippen molar-refractivity contribution >= 4 is 12.1 Å². The molecule has 1 atom stereocenters. The normalized spacial score (nSPS) is 18.4. The third kappa shape index (κ3) is 9.53. The molecule has 1 aliphatic heterocycles. The Balaban J connectivity index is 2.25. The zero-order valence-electron chi connectivity index (χ0n) is 16.6. The number of nitrogens with one attached hydrogen (secondary N) is 2. The summed E-state index contributed by atoms with van der Waals surface area (Å²) in [7, 11) is 1.79. The molecule has 0 aliphatic carbocycles. The number of unbranched alkanes of at least 4 members (excludes halogenated alkanes) is 1. The third-order valence-electron chi connectivity index (χ3n) is 3.81. The van der Waals surface area contributed by atoms with E-state index in [0.717, 1.165) is 58.1 Å². The van der Waals surface area contributed by atoms with Gasteiger partial charge in [0.2, 0.25) is 0 Å². The summed E-state index contributed by atoms with van der Waals surface area (Å²) in [6.45, 7) is 11.8. The highest BCUT2D eigenvalue weighted by Gasteiger charge is 2.27. The van der Waals surface area contributed by atoms with Crippen LogP contribution in [-0.2, 0) is 9.47 Å². The third-order valence-corrected chi connectivity index (χ3v) is 3.81. The number of hydrogen-bond acceptors (Lipinski definition) is 4. The van der Waals surface area contributed by atoms with Gasteiger partial charge in [-0.25, -0.2) is 4.79 Å². The number of carbonyl (C=O) groups excluding carboxylic acids is 1. The lowest BCUT2D eigenvalue weighted by Crippen LogP contribution is -2.44. The Morgan fingerprint density at radius 1 is 1.28 bits per heavy atom. The molecule has 1 amide bonds. The summed E-state index contributed by atoms with van der Waals surface area (Å²) >= 11 is 0. The van der Waals surface area contributed by atoms with Crippen molar-refractivity contribution in [2.45, 2.75) is 65.0 Å². The molecule has 0 spiro atoms. The minimum absolute atomic E-state index is 0.0887. The van der Waals surface area contributed by atoms with Crippen molar-refractivity contribution in [2.24, 2.45) is 4.99 Å². The van der Waals surface area contributed by atoms with E-state index in [1.54, 1.807) is 7.05 Å². The quantitative estimate of drug-likeness (QED) is 0.397. The van der Waals surface area contributed by atoms with Crippen LogP contribution in [0.1, 0.15) is 53.4 Å². The van der Waals surface area contributed by atoms with Gasteiger partial charge >= 0.3 is 6.09 Å². The summed E-state index contributed by atoms with van der Waals surface area (Å²) in [6.07, 6.45) is 3.77. The van der Waals surface area contributed by atoms with Crippen LogP contribution in [-0.4, -0.2) is 68.5 Å². The van der Waals surface area contributed by atoms with Gasteiger partial charge in [-0.1, -0.05) is 13.3 Å². The first-order chi connectivity index (χ1) is 11.9. The van der Waals surface area contributed by atoms with Crippen molar-refractivity contribution in [1.82, 2.24) is 15.5 Å². The largest absolute Gasteiger partial charge is 0.444 e. The lowest BCUT2D eigenvalue weighted by Gasteiger charge is -2.23. The van der Waals surface area contributed by atoms with Crippen molar-refractivity contribution < 1.29 is 14.3 Å². The van der Waals surface area contributed by atoms with Crippen LogP contribution in [0.25, 0.3) is 0 Å². The Morgan fingerprint density at radius 3 is 2.64 bits per heavy atom. The molecule has 1 fully saturated rings. The molecule has 25 heavy (non-hydrogen) atoms. The maximum absolute atomic E-state index is 11.9. The maximum atomic E-state index is 11.9. The Labute approximate surface area is 152 Å². The van der Waals surface area contributed by atoms with E-state index in [-0.39, 0.29) is 12.1 Å². The molecule has 146 valence electrons. The van der Waals surface area contributed by atoms with Gasteiger partial charge in [-0.05, 0) is 40.0 Å². The predicted octanol–water partition coefficient (Wildman–Crippen LogP) is 2.37. The van der Waals surface area contributed by atoms with Gasteiger partial charge in [0.05, 0.1) is 6.04 Å². The molecular formula is C18H36N4O3. The molecule has 1 aliphatic rings. The van der Waals surface area contributed by atoms with E-state index in [1.807, 2.05) is 20.8 Å². The number of carbonyl (C=O) groups is 1. The number of ether oxygens (including phenoxy) is 2. The molecule has 0 aromatic carbocycles. The molecule has 0 aromatic rings. The molecule has 1 rings (SSSR count). The van der Waals surface area contributed by atoms with Crippen molar-refractivity contribution in [3.63, 3.8) is 0 Å². The monoisotopic (exact) mass is 356 g/mol.